The molecule has 144 valence electrons. The molecule has 0 amide bonds. The molecule has 0 bridgehead atoms. The Kier molecular flexibility index (Phi) is 5.15. The van der Waals surface area contributed by atoms with Crippen LogP contribution >= 0.6 is 11.6 Å². The number of hydrogen-bond donors (Lipinski definition) is 0. The molecule has 0 atom stereocenters. The third kappa shape index (κ3) is 3.66. The maximum absolute atomic E-state index is 10.8. The van der Waals surface area contributed by atoms with Crippen LogP contribution in [-0.2, 0) is 6.54 Å². The number of fused-ring (bicyclic) bond motifs is 1. The largest absolute Gasteiger partial charge is 0.369 e. The Morgan fingerprint density at radius 3 is 2.43 bits per heavy atom. The summed E-state index contributed by atoms with van der Waals surface area (Å²) in [5, 5.41) is 12.7. The molecule has 4 rings (SSSR count). The highest BCUT2D eigenvalue weighted by atomic mass is 35.5. The fraction of sp³-hybridized carbons (Fsp3) is 0.286. The van der Waals surface area contributed by atoms with Crippen molar-refractivity contribution in [2.75, 3.05) is 31.1 Å². The van der Waals surface area contributed by atoms with E-state index in [1.807, 2.05) is 37.3 Å². The van der Waals surface area contributed by atoms with Gasteiger partial charge in [-0.05, 0) is 30.7 Å². The Balaban J connectivity index is 1.44. The molecule has 28 heavy (non-hydrogen) atoms. The van der Waals surface area contributed by atoms with Gasteiger partial charge in [-0.15, -0.1) is 0 Å². The minimum atomic E-state index is -0.371. The van der Waals surface area contributed by atoms with Crippen molar-refractivity contribution in [1.82, 2.24) is 9.88 Å². The van der Waals surface area contributed by atoms with Gasteiger partial charge in [-0.3, -0.25) is 15.0 Å². The molecule has 1 aliphatic rings. The Labute approximate surface area is 168 Å². The summed E-state index contributed by atoms with van der Waals surface area (Å²) in [6, 6.07) is 14.8. The lowest BCUT2D eigenvalue weighted by molar-refractivity contribution is -0.384. The maximum Gasteiger partial charge on any atom is 0.269 e. The highest BCUT2D eigenvalue weighted by molar-refractivity contribution is 6.32. The number of hydrogen-bond acceptors (Lipinski definition) is 5. The van der Waals surface area contributed by atoms with E-state index in [0.29, 0.717) is 0 Å². The first kappa shape index (κ1) is 18.7. The maximum atomic E-state index is 10.8. The van der Waals surface area contributed by atoms with E-state index in [0.717, 1.165) is 65.6 Å². The van der Waals surface area contributed by atoms with Crippen LogP contribution in [0.15, 0.2) is 48.5 Å². The van der Waals surface area contributed by atoms with E-state index in [-0.39, 0.29) is 10.6 Å². The summed E-state index contributed by atoms with van der Waals surface area (Å²) < 4.78 is 0. The summed E-state index contributed by atoms with van der Waals surface area (Å²) in [4.78, 5) is 19.8. The van der Waals surface area contributed by atoms with Crippen molar-refractivity contribution in [2.24, 2.45) is 0 Å². The van der Waals surface area contributed by atoms with Crippen LogP contribution in [0.5, 0.6) is 0 Å². The topological polar surface area (TPSA) is 62.5 Å². The Morgan fingerprint density at radius 1 is 1.07 bits per heavy atom. The summed E-state index contributed by atoms with van der Waals surface area (Å²) in [5.74, 6) is 0. The molecule has 0 radical (unpaired) electrons. The number of piperazine rings is 1. The second-order valence-corrected chi connectivity index (χ2v) is 7.43. The van der Waals surface area contributed by atoms with Crippen LogP contribution in [-0.4, -0.2) is 41.0 Å². The molecule has 3 aromatic rings. The number of pyridine rings is 1. The minimum Gasteiger partial charge on any atom is -0.369 e. The van der Waals surface area contributed by atoms with Crippen molar-refractivity contribution in [3.05, 3.63) is 74.9 Å². The Hall–Kier alpha value is -2.70. The van der Waals surface area contributed by atoms with Crippen LogP contribution in [0.2, 0.25) is 5.02 Å². The Bertz CT molecular complexity index is 1010. The summed E-state index contributed by atoms with van der Waals surface area (Å²) >= 11 is 6.60. The van der Waals surface area contributed by atoms with Crippen molar-refractivity contribution in [1.29, 1.82) is 0 Å². The van der Waals surface area contributed by atoms with E-state index in [2.05, 4.69) is 15.9 Å². The molecule has 1 fully saturated rings. The molecule has 0 unspecified atom stereocenters. The van der Waals surface area contributed by atoms with E-state index < -0.39 is 0 Å². The smallest absolute Gasteiger partial charge is 0.269 e. The van der Waals surface area contributed by atoms with Crippen molar-refractivity contribution in [3.63, 3.8) is 0 Å². The van der Waals surface area contributed by atoms with Crippen molar-refractivity contribution in [2.45, 2.75) is 13.5 Å². The first-order valence-electron chi connectivity index (χ1n) is 9.28. The highest BCUT2D eigenvalue weighted by Crippen LogP contribution is 2.28. The number of non-ortho nitro benzene ring substituents is 1. The number of nitrogens with zero attached hydrogens (tertiary/aromatic N) is 4. The van der Waals surface area contributed by atoms with Gasteiger partial charge in [-0.2, -0.15) is 0 Å². The number of aromatic nitrogens is 1. The second kappa shape index (κ2) is 7.73. The van der Waals surface area contributed by atoms with E-state index in [1.54, 1.807) is 12.1 Å². The predicted octanol–water partition coefficient (Wildman–Crippen LogP) is 4.43. The number of anilines is 1. The zero-order valence-electron chi connectivity index (χ0n) is 15.6. The van der Waals surface area contributed by atoms with Crippen molar-refractivity contribution in [3.8, 4) is 0 Å². The van der Waals surface area contributed by atoms with Gasteiger partial charge in [-0.1, -0.05) is 29.8 Å². The van der Waals surface area contributed by atoms with Gasteiger partial charge in [0.1, 0.15) is 0 Å². The molecule has 1 aliphatic heterocycles. The van der Waals surface area contributed by atoms with Gasteiger partial charge in [0.15, 0.2) is 0 Å². The van der Waals surface area contributed by atoms with Crippen LogP contribution in [0.1, 0.15) is 11.3 Å². The van der Waals surface area contributed by atoms with E-state index in [4.69, 9.17) is 16.6 Å². The molecular formula is C21H21ClN4O2. The number of benzene rings is 2. The average Bonchev–Trinajstić information content (AvgIpc) is 2.72. The highest BCUT2D eigenvalue weighted by Gasteiger charge is 2.20. The lowest BCUT2D eigenvalue weighted by atomic mass is 10.1. The number of nitro groups is 1. The molecular weight excluding hydrogens is 376 g/mol. The van der Waals surface area contributed by atoms with Gasteiger partial charge in [0.2, 0.25) is 0 Å². The molecule has 0 saturated carbocycles. The van der Waals surface area contributed by atoms with Crippen LogP contribution in [0.4, 0.5) is 11.4 Å². The SMILES string of the molecule is Cc1c(Cl)c(CN2CCN(c3ccc([N+](=O)[O-])cc3)CC2)nc2ccccc12. The first-order chi connectivity index (χ1) is 13.5. The number of rotatable bonds is 4. The average molecular weight is 397 g/mol. The molecule has 0 spiro atoms. The monoisotopic (exact) mass is 396 g/mol. The van der Waals surface area contributed by atoms with Crippen LogP contribution in [0.25, 0.3) is 10.9 Å². The number of nitro benzene ring substituents is 1. The van der Waals surface area contributed by atoms with Gasteiger partial charge < -0.3 is 4.90 Å². The fourth-order valence-electron chi connectivity index (χ4n) is 3.68. The van der Waals surface area contributed by atoms with Crippen molar-refractivity contribution < 1.29 is 4.92 Å². The summed E-state index contributed by atoms with van der Waals surface area (Å²) in [6.45, 7) is 6.27. The molecule has 1 aromatic heterocycles. The predicted molar refractivity (Wildman–Crippen MR) is 112 cm³/mol. The fourth-order valence-corrected chi connectivity index (χ4v) is 3.89. The minimum absolute atomic E-state index is 0.120. The first-order valence-corrected chi connectivity index (χ1v) is 9.66. The molecule has 0 N–H and O–H groups in total. The number of aryl methyl sites for hydroxylation is 1. The lowest BCUT2D eigenvalue weighted by Gasteiger charge is -2.36. The summed E-state index contributed by atoms with van der Waals surface area (Å²) in [6.07, 6.45) is 0. The van der Waals surface area contributed by atoms with E-state index in [1.165, 1.54) is 0 Å². The van der Waals surface area contributed by atoms with Gasteiger partial charge in [0.05, 0.1) is 21.2 Å². The second-order valence-electron chi connectivity index (χ2n) is 7.05. The zero-order valence-corrected chi connectivity index (χ0v) is 16.4. The van der Waals surface area contributed by atoms with Crippen LogP contribution in [0, 0.1) is 17.0 Å². The zero-order chi connectivity index (χ0) is 19.7. The molecule has 2 aromatic carbocycles. The lowest BCUT2D eigenvalue weighted by Crippen LogP contribution is -2.46. The van der Waals surface area contributed by atoms with Gasteiger partial charge >= 0.3 is 0 Å². The van der Waals surface area contributed by atoms with Crippen LogP contribution < -0.4 is 4.90 Å². The van der Waals surface area contributed by atoms with E-state index in [9.17, 15) is 10.1 Å². The van der Waals surface area contributed by atoms with E-state index >= 15 is 0 Å². The van der Waals surface area contributed by atoms with Gasteiger partial charge in [0.25, 0.3) is 5.69 Å². The normalized spacial score (nSPS) is 15.1. The van der Waals surface area contributed by atoms with Crippen LogP contribution in [0.3, 0.4) is 0 Å². The number of para-hydroxylation sites is 1. The molecule has 1 saturated heterocycles. The van der Waals surface area contributed by atoms with Gasteiger partial charge in [-0.25, -0.2) is 4.98 Å². The van der Waals surface area contributed by atoms with Crippen molar-refractivity contribution >= 4 is 33.9 Å². The molecule has 7 heteroatoms. The standard InChI is InChI=1S/C21H21ClN4O2/c1-15-18-4-2-3-5-19(18)23-20(21(15)22)14-24-10-12-25(13-11-24)16-6-8-17(9-7-16)26(27)28/h2-9H,10-14H2,1H3. The molecule has 0 aliphatic carbocycles. The molecule has 2 heterocycles. The molecule has 6 nitrogen and oxygen atoms in total. The third-order valence-electron chi connectivity index (χ3n) is 5.32. The summed E-state index contributed by atoms with van der Waals surface area (Å²) in [5.41, 5.74) is 4.11. The quantitative estimate of drug-likeness (QED) is 0.482. The van der Waals surface area contributed by atoms with Gasteiger partial charge in [0, 0.05) is 55.9 Å². The third-order valence-corrected chi connectivity index (χ3v) is 5.82. The Morgan fingerprint density at radius 2 is 1.75 bits per heavy atom. The number of halogens is 1. The summed E-state index contributed by atoms with van der Waals surface area (Å²) in [7, 11) is 0.